The van der Waals surface area contributed by atoms with Crippen LogP contribution in [0.5, 0.6) is 0 Å². The molecule has 104 valence electrons. The van der Waals surface area contributed by atoms with E-state index in [0.717, 1.165) is 12.5 Å². The SMILES string of the molecule is NCC1(Cc2cccc([N+](=O)[O-])c2F)CCCC1O. The third-order valence-electron chi connectivity index (χ3n) is 4.06. The van der Waals surface area contributed by atoms with Crippen molar-refractivity contribution in [1.82, 2.24) is 0 Å². The summed E-state index contributed by atoms with van der Waals surface area (Å²) in [5.74, 6) is -0.820. The standard InChI is InChI=1S/C13H17FN2O3/c14-12-9(3-1-4-10(12)16(18)19)7-13(8-15)6-2-5-11(13)17/h1,3-4,11,17H,2,5-8,15H2. The Bertz CT molecular complexity index is 495. The van der Waals surface area contributed by atoms with Crippen molar-refractivity contribution in [3.63, 3.8) is 0 Å². The lowest BCUT2D eigenvalue weighted by Crippen LogP contribution is -2.39. The third kappa shape index (κ3) is 2.46. The van der Waals surface area contributed by atoms with Crippen molar-refractivity contribution >= 4 is 5.69 Å². The van der Waals surface area contributed by atoms with E-state index in [4.69, 9.17) is 5.73 Å². The van der Waals surface area contributed by atoms with Crippen LogP contribution in [0, 0.1) is 21.3 Å². The quantitative estimate of drug-likeness (QED) is 0.643. The number of nitro benzene ring substituents is 1. The third-order valence-corrected chi connectivity index (χ3v) is 4.06. The van der Waals surface area contributed by atoms with Gasteiger partial charge in [0, 0.05) is 18.0 Å². The van der Waals surface area contributed by atoms with E-state index in [1.54, 1.807) is 0 Å². The minimum absolute atomic E-state index is 0.234. The molecule has 3 N–H and O–H groups in total. The van der Waals surface area contributed by atoms with Gasteiger partial charge in [0.1, 0.15) is 0 Å². The number of halogens is 1. The van der Waals surface area contributed by atoms with Crippen LogP contribution in [0.4, 0.5) is 10.1 Å². The first kappa shape index (κ1) is 13.9. The number of nitrogens with two attached hydrogens (primary N) is 1. The number of hydrogen-bond donors (Lipinski definition) is 2. The second-order valence-electron chi connectivity index (χ2n) is 5.16. The Kier molecular flexibility index (Phi) is 3.82. The van der Waals surface area contributed by atoms with Crippen molar-refractivity contribution in [2.75, 3.05) is 6.54 Å². The summed E-state index contributed by atoms with van der Waals surface area (Å²) in [6, 6.07) is 4.12. The molecule has 19 heavy (non-hydrogen) atoms. The van der Waals surface area contributed by atoms with Crippen molar-refractivity contribution in [2.24, 2.45) is 11.1 Å². The maximum atomic E-state index is 14.0. The van der Waals surface area contributed by atoms with Gasteiger partial charge in [-0.3, -0.25) is 10.1 Å². The molecule has 1 aromatic carbocycles. The summed E-state index contributed by atoms with van der Waals surface area (Å²) in [7, 11) is 0. The van der Waals surface area contributed by atoms with Gasteiger partial charge in [-0.2, -0.15) is 4.39 Å². The number of aliphatic hydroxyl groups excluding tert-OH is 1. The molecule has 0 bridgehead atoms. The minimum atomic E-state index is -0.820. The summed E-state index contributed by atoms with van der Waals surface area (Å²) in [5, 5.41) is 20.8. The van der Waals surface area contributed by atoms with E-state index >= 15 is 0 Å². The molecule has 2 unspecified atom stereocenters. The molecule has 0 spiro atoms. The number of rotatable bonds is 4. The highest BCUT2D eigenvalue weighted by Gasteiger charge is 2.41. The highest BCUT2D eigenvalue weighted by atomic mass is 19.1. The van der Waals surface area contributed by atoms with Crippen LogP contribution in [0.25, 0.3) is 0 Å². The fourth-order valence-corrected chi connectivity index (χ4v) is 2.86. The van der Waals surface area contributed by atoms with Crippen LogP contribution in [0.3, 0.4) is 0 Å². The number of aliphatic hydroxyl groups is 1. The van der Waals surface area contributed by atoms with Crippen LogP contribution < -0.4 is 5.73 Å². The molecule has 0 aliphatic heterocycles. The Morgan fingerprint density at radius 1 is 1.58 bits per heavy atom. The van der Waals surface area contributed by atoms with Crippen LogP contribution in [0.2, 0.25) is 0 Å². The van der Waals surface area contributed by atoms with Crippen LogP contribution in [0.15, 0.2) is 18.2 Å². The highest BCUT2D eigenvalue weighted by Crippen LogP contribution is 2.41. The second kappa shape index (κ2) is 5.22. The summed E-state index contributed by atoms with van der Waals surface area (Å²) in [6.45, 7) is 0.246. The van der Waals surface area contributed by atoms with Gasteiger partial charge >= 0.3 is 5.69 Å². The molecule has 1 aliphatic carbocycles. The lowest BCUT2D eigenvalue weighted by Gasteiger charge is -2.31. The largest absolute Gasteiger partial charge is 0.392 e. The summed E-state index contributed by atoms with van der Waals surface area (Å²) in [5.41, 5.74) is 4.90. The Morgan fingerprint density at radius 3 is 2.84 bits per heavy atom. The monoisotopic (exact) mass is 268 g/mol. The van der Waals surface area contributed by atoms with Crippen LogP contribution in [0.1, 0.15) is 24.8 Å². The van der Waals surface area contributed by atoms with Gasteiger partial charge in [-0.25, -0.2) is 0 Å². The lowest BCUT2D eigenvalue weighted by molar-refractivity contribution is -0.387. The zero-order valence-corrected chi connectivity index (χ0v) is 10.5. The highest BCUT2D eigenvalue weighted by molar-refractivity contribution is 5.37. The summed E-state index contributed by atoms with van der Waals surface area (Å²) >= 11 is 0. The van der Waals surface area contributed by atoms with Gasteiger partial charge in [-0.1, -0.05) is 18.6 Å². The molecule has 0 saturated heterocycles. The van der Waals surface area contributed by atoms with E-state index in [0.29, 0.717) is 12.8 Å². The predicted molar refractivity (Wildman–Crippen MR) is 68.1 cm³/mol. The first-order valence-corrected chi connectivity index (χ1v) is 6.30. The molecule has 2 rings (SSSR count). The molecular weight excluding hydrogens is 251 g/mol. The van der Waals surface area contributed by atoms with Gasteiger partial charge in [0.25, 0.3) is 0 Å². The molecule has 0 radical (unpaired) electrons. The maximum absolute atomic E-state index is 14.0. The van der Waals surface area contributed by atoms with E-state index in [-0.39, 0.29) is 18.5 Å². The van der Waals surface area contributed by atoms with Gasteiger partial charge in [0.15, 0.2) is 0 Å². The van der Waals surface area contributed by atoms with Crippen LogP contribution in [-0.4, -0.2) is 22.7 Å². The number of benzene rings is 1. The predicted octanol–water partition coefficient (Wildman–Crippen LogP) is 1.77. The molecule has 1 fully saturated rings. The van der Waals surface area contributed by atoms with Gasteiger partial charge in [0.05, 0.1) is 11.0 Å². The van der Waals surface area contributed by atoms with Crippen molar-refractivity contribution in [2.45, 2.75) is 31.8 Å². The molecule has 0 aromatic heterocycles. The Labute approximate surface area is 110 Å². The maximum Gasteiger partial charge on any atom is 0.305 e. The van der Waals surface area contributed by atoms with Gasteiger partial charge in [0.2, 0.25) is 5.82 Å². The minimum Gasteiger partial charge on any atom is -0.392 e. The van der Waals surface area contributed by atoms with Gasteiger partial charge in [-0.15, -0.1) is 0 Å². The normalized spacial score (nSPS) is 26.6. The van der Waals surface area contributed by atoms with E-state index in [9.17, 15) is 19.6 Å². The van der Waals surface area contributed by atoms with E-state index < -0.39 is 27.9 Å². The second-order valence-corrected chi connectivity index (χ2v) is 5.16. The summed E-state index contributed by atoms with van der Waals surface area (Å²) in [4.78, 5) is 9.98. The van der Waals surface area contributed by atoms with Crippen LogP contribution >= 0.6 is 0 Å². The number of hydrogen-bond acceptors (Lipinski definition) is 4. The first-order valence-electron chi connectivity index (χ1n) is 6.30. The molecule has 0 amide bonds. The molecule has 1 aliphatic rings. The topological polar surface area (TPSA) is 89.4 Å². The van der Waals surface area contributed by atoms with E-state index in [1.165, 1.54) is 12.1 Å². The molecule has 1 saturated carbocycles. The smallest absolute Gasteiger partial charge is 0.305 e. The summed E-state index contributed by atoms with van der Waals surface area (Å²) < 4.78 is 14.0. The van der Waals surface area contributed by atoms with E-state index in [2.05, 4.69) is 0 Å². The molecule has 0 heterocycles. The van der Waals surface area contributed by atoms with Crippen LogP contribution in [-0.2, 0) is 6.42 Å². The molecule has 6 heteroatoms. The van der Waals surface area contributed by atoms with Crippen molar-refractivity contribution in [3.05, 3.63) is 39.7 Å². The Hall–Kier alpha value is -1.53. The Balaban J connectivity index is 2.33. The summed E-state index contributed by atoms with van der Waals surface area (Å²) in [6.07, 6.45) is 1.87. The zero-order valence-electron chi connectivity index (χ0n) is 10.5. The van der Waals surface area contributed by atoms with Crippen molar-refractivity contribution in [1.29, 1.82) is 0 Å². The molecule has 1 aromatic rings. The van der Waals surface area contributed by atoms with Gasteiger partial charge in [-0.05, 0) is 24.8 Å². The zero-order chi connectivity index (χ0) is 14.0. The average molecular weight is 268 g/mol. The lowest BCUT2D eigenvalue weighted by atomic mass is 9.78. The molecular formula is C13H17FN2O3. The van der Waals surface area contributed by atoms with E-state index in [1.807, 2.05) is 0 Å². The number of nitrogens with zero attached hydrogens (tertiary/aromatic N) is 1. The Morgan fingerprint density at radius 2 is 2.32 bits per heavy atom. The molecule has 5 nitrogen and oxygen atoms in total. The van der Waals surface area contributed by atoms with Crippen molar-refractivity contribution < 1.29 is 14.4 Å². The first-order chi connectivity index (χ1) is 9.00. The fourth-order valence-electron chi connectivity index (χ4n) is 2.86. The van der Waals surface area contributed by atoms with Gasteiger partial charge < -0.3 is 10.8 Å². The average Bonchev–Trinajstić information content (AvgIpc) is 2.73. The number of nitro groups is 1. The molecule has 2 atom stereocenters. The van der Waals surface area contributed by atoms with Crippen molar-refractivity contribution in [3.8, 4) is 0 Å². The fraction of sp³-hybridized carbons (Fsp3) is 0.538.